The molecule has 1 heterocycles. The number of carbonyl (C=O) groups excluding carboxylic acids is 1. The second-order valence-corrected chi connectivity index (χ2v) is 5.85. The first-order valence-corrected chi connectivity index (χ1v) is 7.49. The lowest BCUT2D eigenvalue weighted by atomic mass is 10.00. The summed E-state index contributed by atoms with van der Waals surface area (Å²) in [5.41, 5.74) is 5.98. The Morgan fingerprint density at radius 1 is 1.30 bits per heavy atom. The molecule has 1 amide bonds. The van der Waals surface area contributed by atoms with Crippen LogP contribution in [0.2, 0.25) is 0 Å². The Morgan fingerprint density at radius 2 is 1.95 bits per heavy atom. The van der Waals surface area contributed by atoms with Crippen LogP contribution in [-0.4, -0.2) is 42.4 Å². The van der Waals surface area contributed by atoms with Crippen LogP contribution < -0.4 is 11.1 Å². The number of halogens is 1. The number of amides is 1. The number of piperidine rings is 1. The van der Waals surface area contributed by atoms with Crippen LogP contribution in [0.4, 0.5) is 0 Å². The molecule has 2 aliphatic rings. The second kappa shape index (κ2) is 8.69. The summed E-state index contributed by atoms with van der Waals surface area (Å²) in [6.45, 7) is 4.95. The molecule has 2 rings (SSSR count). The highest BCUT2D eigenvalue weighted by Crippen LogP contribution is 2.18. The van der Waals surface area contributed by atoms with E-state index in [1.165, 1.54) is 12.8 Å². The Balaban J connectivity index is 0.00000200. The van der Waals surface area contributed by atoms with E-state index >= 15 is 0 Å². The number of aliphatic imine (C=N–C) groups is 1. The van der Waals surface area contributed by atoms with E-state index in [1.54, 1.807) is 0 Å². The van der Waals surface area contributed by atoms with Crippen LogP contribution in [0.25, 0.3) is 0 Å². The Bertz CT molecular complexity index is 336. The molecule has 5 nitrogen and oxygen atoms in total. The Kier molecular flexibility index (Phi) is 7.61. The second-order valence-electron chi connectivity index (χ2n) is 5.85. The van der Waals surface area contributed by atoms with E-state index in [1.807, 2.05) is 0 Å². The molecule has 2 fully saturated rings. The van der Waals surface area contributed by atoms with Gasteiger partial charge in [0.25, 0.3) is 0 Å². The normalized spacial score (nSPS) is 20.4. The number of carbonyl (C=O) groups is 1. The Labute approximate surface area is 138 Å². The quantitative estimate of drug-likeness (QED) is 0.323. The summed E-state index contributed by atoms with van der Waals surface area (Å²) >= 11 is 0. The maximum atomic E-state index is 11.5. The van der Waals surface area contributed by atoms with Gasteiger partial charge in [-0.05, 0) is 38.0 Å². The lowest BCUT2D eigenvalue weighted by Crippen LogP contribution is -2.42. The third-order valence-corrected chi connectivity index (χ3v) is 3.89. The van der Waals surface area contributed by atoms with Crippen LogP contribution in [0.1, 0.15) is 45.4 Å². The van der Waals surface area contributed by atoms with E-state index in [9.17, 15) is 4.79 Å². The zero-order valence-electron chi connectivity index (χ0n) is 12.3. The van der Waals surface area contributed by atoms with Crippen LogP contribution >= 0.6 is 24.0 Å². The fraction of sp³-hybridized carbons (Fsp3) is 0.857. The van der Waals surface area contributed by atoms with Crippen LogP contribution in [0.5, 0.6) is 0 Å². The third kappa shape index (κ3) is 6.28. The van der Waals surface area contributed by atoms with Crippen LogP contribution in [0.15, 0.2) is 4.99 Å². The summed E-state index contributed by atoms with van der Waals surface area (Å²) in [7, 11) is 0. The minimum atomic E-state index is 0. The molecular weight excluding hydrogens is 367 g/mol. The number of likely N-dealkylation sites (tertiary alicyclic amines) is 1. The van der Waals surface area contributed by atoms with Crippen molar-refractivity contribution in [2.75, 3.05) is 19.6 Å². The van der Waals surface area contributed by atoms with Gasteiger partial charge in [-0.3, -0.25) is 9.79 Å². The number of rotatable bonds is 5. The monoisotopic (exact) mass is 394 g/mol. The summed E-state index contributed by atoms with van der Waals surface area (Å²) in [5, 5.41) is 2.98. The largest absolute Gasteiger partial charge is 0.370 e. The standard InChI is InChI=1S/C14H26N4O.HI/c1-11-6-9-18(10-7-11)14(15)16-8-2-3-13(19)17-12-4-5-12;/h11-12H,2-10H2,1H3,(H2,15,16)(H,17,19);1H. The summed E-state index contributed by atoms with van der Waals surface area (Å²) in [4.78, 5) is 18.0. The van der Waals surface area contributed by atoms with Gasteiger partial charge in [-0.25, -0.2) is 0 Å². The van der Waals surface area contributed by atoms with Crippen molar-refractivity contribution in [1.29, 1.82) is 0 Å². The van der Waals surface area contributed by atoms with Gasteiger partial charge in [0.05, 0.1) is 0 Å². The molecule has 20 heavy (non-hydrogen) atoms. The van der Waals surface area contributed by atoms with Crippen molar-refractivity contribution >= 4 is 35.8 Å². The summed E-state index contributed by atoms with van der Waals surface area (Å²) < 4.78 is 0. The predicted octanol–water partition coefficient (Wildman–Crippen LogP) is 1.71. The van der Waals surface area contributed by atoms with Crippen molar-refractivity contribution in [3.05, 3.63) is 0 Å². The highest BCUT2D eigenvalue weighted by molar-refractivity contribution is 14.0. The molecule has 0 radical (unpaired) electrons. The molecule has 0 aromatic carbocycles. The van der Waals surface area contributed by atoms with Gasteiger partial charge in [-0.15, -0.1) is 24.0 Å². The van der Waals surface area contributed by atoms with Gasteiger partial charge in [0.15, 0.2) is 5.96 Å². The first-order valence-electron chi connectivity index (χ1n) is 7.49. The van der Waals surface area contributed by atoms with Gasteiger partial charge in [-0.2, -0.15) is 0 Å². The summed E-state index contributed by atoms with van der Waals surface area (Å²) in [6, 6.07) is 0.455. The van der Waals surface area contributed by atoms with Crippen molar-refractivity contribution in [1.82, 2.24) is 10.2 Å². The maximum Gasteiger partial charge on any atom is 0.220 e. The number of nitrogens with zero attached hydrogens (tertiary/aromatic N) is 2. The van der Waals surface area contributed by atoms with Gasteiger partial charge < -0.3 is 16.0 Å². The van der Waals surface area contributed by atoms with Gasteiger partial charge in [0.1, 0.15) is 0 Å². The molecule has 0 bridgehead atoms. The average Bonchev–Trinajstić information content (AvgIpc) is 3.19. The molecular formula is C14H27IN4O. The number of nitrogens with one attached hydrogen (secondary N) is 1. The van der Waals surface area contributed by atoms with Crippen LogP contribution in [0, 0.1) is 5.92 Å². The first-order chi connectivity index (χ1) is 9.15. The number of hydrogen-bond acceptors (Lipinski definition) is 2. The maximum absolute atomic E-state index is 11.5. The van der Waals surface area contributed by atoms with Crippen molar-refractivity contribution in [2.24, 2.45) is 16.6 Å². The molecule has 0 aromatic rings. The number of nitrogens with two attached hydrogens (primary N) is 1. The zero-order chi connectivity index (χ0) is 13.7. The van der Waals surface area contributed by atoms with Crippen molar-refractivity contribution in [2.45, 2.75) is 51.5 Å². The third-order valence-electron chi connectivity index (χ3n) is 3.89. The molecule has 1 saturated carbocycles. The highest BCUT2D eigenvalue weighted by atomic mass is 127. The summed E-state index contributed by atoms with van der Waals surface area (Å²) in [6.07, 6.45) is 6.02. The molecule has 1 saturated heterocycles. The minimum Gasteiger partial charge on any atom is -0.370 e. The van der Waals surface area contributed by atoms with Crippen molar-refractivity contribution < 1.29 is 4.79 Å². The van der Waals surface area contributed by atoms with E-state index in [-0.39, 0.29) is 29.9 Å². The van der Waals surface area contributed by atoms with Gasteiger partial charge in [-0.1, -0.05) is 6.92 Å². The van der Waals surface area contributed by atoms with E-state index in [2.05, 4.69) is 22.1 Å². The Hall–Kier alpha value is -0.530. The predicted molar refractivity (Wildman–Crippen MR) is 92.3 cm³/mol. The van der Waals surface area contributed by atoms with Gasteiger partial charge in [0.2, 0.25) is 5.91 Å². The van der Waals surface area contributed by atoms with Crippen LogP contribution in [-0.2, 0) is 4.79 Å². The van der Waals surface area contributed by atoms with E-state index in [4.69, 9.17) is 5.73 Å². The number of guanidine groups is 1. The van der Waals surface area contributed by atoms with Crippen LogP contribution in [0.3, 0.4) is 0 Å². The minimum absolute atomic E-state index is 0. The number of hydrogen-bond donors (Lipinski definition) is 2. The smallest absolute Gasteiger partial charge is 0.220 e. The highest BCUT2D eigenvalue weighted by Gasteiger charge is 2.22. The molecule has 0 aromatic heterocycles. The molecule has 1 aliphatic carbocycles. The molecule has 0 unspecified atom stereocenters. The zero-order valence-corrected chi connectivity index (χ0v) is 14.6. The fourth-order valence-electron chi connectivity index (χ4n) is 2.30. The molecule has 0 spiro atoms. The average molecular weight is 394 g/mol. The SMILES string of the molecule is CC1CCN(C(N)=NCCCC(=O)NC2CC2)CC1.I. The molecule has 0 atom stereocenters. The fourth-order valence-corrected chi connectivity index (χ4v) is 2.30. The Morgan fingerprint density at radius 3 is 2.55 bits per heavy atom. The first kappa shape index (κ1) is 17.5. The van der Waals surface area contributed by atoms with Crippen molar-refractivity contribution in [3.8, 4) is 0 Å². The molecule has 1 aliphatic heterocycles. The topological polar surface area (TPSA) is 70.7 Å². The molecule has 3 N–H and O–H groups in total. The lowest BCUT2D eigenvalue weighted by Gasteiger charge is -2.31. The van der Waals surface area contributed by atoms with Crippen molar-refractivity contribution in [3.63, 3.8) is 0 Å². The molecule has 116 valence electrons. The van der Waals surface area contributed by atoms with E-state index < -0.39 is 0 Å². The van der Waals surface area contributed by atoms with E-state index in [0.29, 0.717) is 25.0 Å². The lowest BCUT2D eigenvalue weighted by molar-refractivity contribution is -0.121. The summed E-state index contributed by atoms with van der Waals surface area (Å²) in [5.74, 6) is 1.60. The van der Waals surface area contributed by atoms with E-state index in [0.717, 1.165) is 38.3 Å². The van der Waals surface area contributed by atoms with Gasteiger partial charge in [0, 0.05) is 32.1 Å². The molecule has 6 heteroatoms. The van der Waals surface area contributed by atoms with Gasteiger partial charge >= 0.3 is 0 Å².